The van der Waals surface area contributed by atoms with E-state index < -0.39 is 16.1 Å². The van der Waals surface area contributed by atoms with Crippen LogP contribution in [0.25, 0.3) is 0 Å². The van der Waals surface area contributed by atoms with Gasteiger partial charge in [0, 0.05) is 5.67 Å². The van der Waals surface area contributed by atoms with Crippen LogP contribution in [0.15, 0.2) is 91.0 Å². The summed E-state index contributed by atoms with van der Waals surface area (Å²) in [6, 6.07) is 36.9. The Kier molecular flexibility index (Phi) is 6.66. The van der Waals surface area contributed by atoms with E-state index in [2.05, 4.69) is 123 Å². The minimum absolute atomic E-state index is 0.671. The first-order valence-electron chi connectivity index (χ1n) is 11.9. The quantitative estimate of drug-likeness (QED) is 0.497. The normalized spacial score (nSPS) is 18.1. The number of hydrogen-bond acceptors (Lipinski definition) is 1. The zero-order chi connectivity index (χ0) is 21.9. The lowest BCUT2D eigenvalue weighted by Crippen LogP contribution is -2.68. The summed E-state index contributed by atoms with van der Waals surface area (Å²) in [5, 5.41) is 4.82. The number of rotatable bonds is 6. The monoisotopic (exact) mass is 443 g/mol. The summed E-state index contributed by atoms with van der Waals surface area (Å²) in [7, 11) is -3.34. The van der Waals surface area contributed by atoms with Crippen molar-refractivity contribution in [3.63, 3.8) is 0 Å². The van der Waals surface area contributed by atoms with Gasteiger partial charge in [-0.2, -0.15) is 0 Å². The van der Waals surface area contributed by atoms with Crippen molar-refractivity contribution < 1.29 is 0 Å². The van der Waals surface area contributed by atoms with Crippen molar-refractivity contribution in [1.82, 2.24) is 4.90 Å². The molecule has 0 aromatic heterocycles. The minimum atomic E-state index is -1.72. The number of nitrogens with zero attached hydrogens (tertiary/aromatic N) is 1. The molecule has 31 heavy (non-hydrogen) atoms. The Morgan fingerprint density at radius 1 is 0.677 bits per heavy atom. The van der Waals surface area contributed by atoms with Gasteiger partial charge < -0.3 is 4.90 Å². The van der Waals surface area contributed by atoms with E-state index >= 15 is 0 Å². The first-order chi connectivity index (χ1) is 14.9. The van der Waals surface area contributed by atoms with E-state index in [-0.39, 0.29) is 0 Å². The lowest BCUT2D eigenvalue weighted by molar-refractivity contribution is 0.218. The fraction of sp³-hybridized carbons (Fsp3) is 0.357. The maximum Gasteiger partial charge on any atom is 0.120 e. The zero-order valence-electron chi connectivity index (χ0n) is 19.6. The maximum atomic E-state index is 2.88. The summed E-state index contributed by atoms with van der Waals surface area (Å²) in [6.45, 7) is 12.5. The van der Waals surface area contributed by atoms with Gasteiger partial charge in [0.05, 0.1) is 8.07 Å². The second-order valence-electron chi connectivity index (χ2n) is 10.1. The third-order valence-corrected chi connectivity index (χ3v) is 16.9. The molecule has 1 atom stereocenters. The second kappa shape index (κ2) is 9.27. The summed E-state index contributed by atoms with van der Waals surface area (Å²) in [5.74, 6) is 0.671. The summed E-state index contributed by atoms with van der Waals surface area (Å²) < 4.78 is 0. The first-order valence-corrected chi connectivity index (χ1v) is 17.3. The summed E-state index contributed by atoms with van der Waals surface area (Å²) in [4.78, 5) is 2.88. The van der Waals surface area contributed by atoms with Gasteiger partial charge in [0.25, 0.3) is 0 Å². The Morgan fingerprint density at radius 2 is 1.10 bits per heavy atom. The van der Waals surface area contributed by atoms with Gasteiger partial charge in [0.1, 0.15) is 8.07 Å². The Bertz CT molecular complexity index is 905. The fourth-order valence-electron chi connectivity index (χ4n) is 6.19. The highest BCUT2D eigenvalue weighted by atomic mass is 28.3. The third-order valence-electron chi connectivity index (χ3n) is 7.59. The average molecular weight is 444 g/mol. The molecular formula is C28H37NSi2. The summed E-state index contributed by atoms with van der Waals surface area (Å²) in [6.07, 6.45) is 0. The molecule has 1 fully saturated rings. The molecule has 1 heterocycles. The Morgan fingerprint density at radius 3 is 1.52 bits per heavy atom. The van der Waals surface area contributed by atoms with Crippen LogP contribution in [0.4, 0.5) is 0 Å². The van der Waals surface area contributed by atoms with Crippen molar-refractivity contribution in [3.05, 3.63) is 91.0 Å². The molecule has 162 valence electrons. The van der Waals surface area contributed by atoms with Crippen molar-refractivity contribution in [2.75, 3.05) is 13.1 Å². The SMILES string of the molecule is CC(C)C(N1CC[Si](c2ccccc2)(c2ccccc2)CC1)[Si](C)(C)c1ccccc1. The molecule has 0 saturated carbocycles. The Labute approximate surface area is 191 Å². The van der Waals surface area contributed by atoms with Crippen LogP contribution in [0.1, 0.15) is 13.8 Å². The molecule has 0 bridgehead atoms. The number of benzene rings is 3. The topological polar surface area (TPSA) is 3.24 Å². The van der Waals surface area contributed by atoms with E-state index in [0.717, 1.165) is 0 Å². The fourth-order valence-corrected chi connectivity index (χ4v) is 15.2. The average Bonchev–Trinajstić information content (AvgIpc) is 2.81. The highest BCUT2D eigenvalue weighted by Crippen LogP contribution is 2.30. The van der Waals surface area contributed by atoms with Gasteiger partial charge in [-0.25, -0.2) is 0 Å². The van der Waals surface area contributed by atoms with Gasteiger partial charge in [-0.05, 0) is 31.1 Å². The molecule has 1 aliphatic rings. The van der Waals surface area contributed by atoms with Crippen molar-refractivity contribution in [2.45, 2.75) is 44.7 Å². The van der Waals surface area contributed by atoms with E-state index in [4.69, 9.17) is 0 Å². The number of hydrogen-bond donors (Lipinski definition) is 0. The highest BCUT2D eigenvalue weighted by molar-refractivity contribution is 7.02. The summed E-state index contributed by atoms with van der Waals surface area (Å²) >= 11 is 0. The first kappa shape index (κ1) is 22.3. The van der Waals surface area contributed by atoms with E-state index in [1.54, 1.807) is 15.6 Å². The molecule has 1 unspecified atom stereocenters. The zero-order valence-corrected chi connectivity index (χ0v) is 21.6. The van der Waals surface area contributed by atoms with Gasteiger partial charge in [-0.1, -0.05) is 133 Å². The van der Waals surface area contributed by atoms with Gasteiger partial charge in [-0.15, -0.1) is 0 Å². The maximum absolute atomic E-state index is 2.88. The Hall–Kier alpha value is -1.95. The second-order valence-corrected chi connectivity index (χ2v) is 19.1. The van der Waals surface area contributed by atoms with Crippen LogP contribution < -0.4 is 15.6 Å². The molecule has 1 nitrogen and oxygen atoms in total. The molecule has 0 N–H and O–H groups in total. The van der Waals surface area contributed by atoms with Crippen LogP contribution in [-0.4, -0.2) is 39.8 Å². The van der Waals surface area contributed by atoms with E-state index in [1.807, 2.05) is 0 Å². The molecule has 3 aromatic carbocycles. The van der Waals surface area contributed by atoms with Crippen LogP contribution in [0.5, 0.6) is 0 Å². The predicted octanol–water partition coefficient (Wildman–Crippen LogP) is 4.74. The van der Waals surface area contributed by atoms with Crippen molar-refractivity contribution in [1.29, 1.82) is 0 Å². The van der Waals surface area contributed by atoms with Crippen LogP contribution in [0.3, 0.4) is 0 Å². The molecule has 4 rings (SSSR count). The molecule has 1 saturated heterocycles. The highest BCUT2D eigenvalue weighted by Gasteiger charge is 2.45. The molecule has 0 amide bonds. The molecule has 1 aliphatic heterocycles. The van der Waals surface area contributed by atoms with Crippen LogP contribution in [0, 0.1) is 5.92 Å². The van der Waals surface area contributed by atoms with Crippen LogP contribution in [-0.2, 0) is 0 Å². The van der Waals surface area contributed by atoms with Gasteiger partial charge >= 0.3 is 0 Å². The molecule has 3 aromatic rings. The van der Waals surface area contributed by atoms with Crippen molar-refractivity contribution >= 4 is 31.7 Å². The van der Waals surface area contributed by atoms with E-state index in [0.29, 0.717) is 11.6 Å². The van der Waals surface area contributed by atoms with Crippen LogP contribution >= 0.6 is 0 Å². The molecule has 0 spiro atoms. The molecule has 0 aliphatic carbocycles. The largest absolute Gasteiger partial charge is 0.303 e. The lowest BCUT2D eigenvalue weighted by atomic mass is 10.2. The van der Waals surface area contributed by atoms with Gasteiger partial charge in [-0.3, -0.25) is 0 Å². The smallest absolute Gasteiger partial charge is 0.120 e. The predicted molar refractivity (Wildman–Crippen MR) is 141 cm³/mol. The van der Waals surface area contributed by atoms with E-state index in [9.17, 15) is 0 Å². The molecular weight excluding hydrogens is 406 g/mol. The molecule has 3 heteroatoms. The standard InChI is InChI=1S/C28H37NSi2/c1-24(2)28(30(3,4)25-14-8-5-9-15-25)29-20-22-31(23-21-29,26-16-10-6-11-17-26)27-18-12-7-13-19-27/h5-19,24,28H,20-23H2,1-4H3. The minimum Gasteiger partial charge on any atom is -0.303 e. The molecule has 0 radical (unpaired) electrons. The third kappa shape index (κ3) is 4.36. The van der Waals surface area contributed by atoms with Gasteiger partial charge in [0.15, 0.2) is 0 Å². The van der Waals surface area contributed by atoms with Gasteiger partial charge in [0.2, 0.25) is 0 Å². The lowest BCUT2D eigenvalue weighted by Gasteiger charge is -2.49. The van der Waals surface area contributed by atoms with Crippen molar-refractivity contribution in [3.8, 4) is 0 Å². The van der Waals surface area contributed by atoms with Crippen molar-refractivity contribution in [2.24, 2.45) is 5.92 Å². The Balaban J connectivity index is 1.64. The van der Waals surface area contributed by atoms with Crippen LogP contribution in [0.2, 0.25) is 25.2 Å². The summed E-state index contributed by atoms with van der Waals surface area (Å²) in [5.41, 5.74) is 0.674. The van der Waals surface area contributed by atoms with E-state index in [1.165, 1.54) is 25.2 Å².